The second kappa shape index (κ2) is 8.09. The Morgan fingerprint density at radius 2 is 2.00 bits per heavy atom. The van der Waals surface area contributed by atoms with E-state index in [9.17, 15) is 4.79 Å². The minimum Gasteiger partial charge on any atom is -0.461 e. The third-order valence-electron chi connectivity index (χ3n) is 2.89. The lowest BCUT2D eigenvalue weighted by Gasteiger charge is -2.15. The predicted octanol–water partition coefficient (Wildman–Crippen LogP) is 4.31. The molecular weight excluding hydrogens is 236 g/mol. The predicted molar refractivity (Wildman–Crippen MR) is 79.0 cm³/mol. The molecule has 0 heterocycles. The minimum atomic E-state index is 0.286. The van der Waals surface area contributed by atoms with Gasteiger partial charge in [-0.05, 0) is 30.7 Å². The smallest absolute Gasteiger partial charge is 0.150 e. The van der Waals surface area contributed by atoms with E-state index >= 15 is 0 Å². The zero-order valence-corrected chi connectivity index (χ0v) is 11.5. The van der Waals surface area contributed by atoms with Crippen LogP contribution in [0.3, 0.4) is 0 Å². The van der Waals surface area contributed by atoms with E-state index in [-0.39, 0.29) is 5.92 Å². The zero-order chi connectivity index (χ0) is 14.1. The quantitative estimate of drug-likeness (QED) is 0.314. The van der Waals surface area contributed by atoms with Crippen LogP contribution >= 0.6 is 0 Å². The maximum Gasteiger partial charge on any atom is 0.150 e. The molecule has 0 amide bonds. The van der Waals surface area contributed by atoms with Gasteiger partial charge in [0.2, 0.25) is 0 Å². The Morgan fingerprint density at radius 1 is 1.32 bits per heavy atom. The SMILES string of the molecule is C=C/C(C=O)=C\C=C(\Oc1ccccc1)C(C)CC. The summed E-state index contributed by atoms with van der Waals surface area (Å²) in [6, 6.07) is 9.63. The van der Waals surface area contributed by atoms with Crippen molar-refractivity contribution in [1.29, 1.82) is 0 Å². The average Bonchev–Trinajstić information content (AvgIpc) is 2.47. The van der Waals surface area contributed by atoms with Crippen LogP contribution in [0.5, 0.6) is 5.75 Å². The summed E-state index contributed by atoms with van der Waals surface area (Å²) in [5.41, 5.74) is 0.539. The van der Waals surface area contributed by atoms with Gasteiger partial charge in [-0.2, -0.15) is 0 Å². The molecule has 0 aliphatic heterocycles. The highest BCUT2D eigenvalue weighted by molar-refractivity contribution is 5.77. The molecule has 1 aromatic carbocycles. The van der Waals surface area contributed by atoms with Crippen molar-refractivity contribution in [2.24, 2.45) is 5.92 Å². The van der Waals surface area contributed by atoms with Crippen LogP contribution in [0.2, 0.25) is 0 Å². The standard InChI is InChI=1S/C17H20O2/c1-4-14(3)17(12-11-15(5-2)13-18)19-16-9-7-6-8-10-16/h5-14H,2,4H2,1,3H3/b15-11+,17-12+. The van der Waals surface area contributed by atoms with E-state index in [2.05, 4.69) is 20.4 Å². The summed E-state index contributed by atoms with van der Waals surface area (Å²) in [7, 11) is 0. The highest BCUT2D eigenvalue weighted by Crippen LogP contribution is 2.20. The number of para-hydroxylation sites is 1. The lowest BCUT2D eigenvalue weighted by molar-refractivity contribution is -0.104. The first kappa shape index (κ1) is 15.0. The van der Waals surface area contributed by atoms with Crippen LogP contribution in [-0.2, 0) is 4.79 Å². The Morgan fingerprint density at radius 3 is 2.53 bits per heavy atom. The normalized spacial score (nSPS) is 13.8. The van der Waals surface area contributed by atoms with Crippen molar-refractivity contribution in [3.05, 3.63) is 66.5 Å². The van der Waals surface area contributed by atoms with Gasteiger partial charge in [-0.15, -0.1) is 0 Å². The van der Waals surface area contributed by atoms with Crippen LogP contribution in [-0.4, -0.2) is 6.29 Å². The molecule has 0 radical (unpaired) electrons. The highest BCUT2D eigenvalue weighted by Gasteiger charge is 2.08. The Balaban J connectivity index is 2.95. The van der Waals surface area contributed by atoms with E-state index in [1.165, 1.54) is 6.08 Å². The average molecular weight is 256 g/mol. The zero-order valence-electron chi connectivity index (χ0n) is 11.5. The van der Waals surface area contributed by atoms with Gasteiger partial charge < -0.3 is 4.74 Å². The van der Waals surface area contributed by atoms with E-state index in [4.69, 9.17) is 4.74 Å². The monoisotopic (exact) mass is 256 g/mol. The van der Waals surface area contributed by atoms with E-state index < -0.39 is 0 Å². The van der Waals surface area contributed by atoms with Crippen molar-refractivity contribution < 1.29 is 9.53 Å². The van der Waals surface area contributed by atoms with Crippen molar-refractivity contribution in [1.82, 2.24) is 0 Å². The molecule has 2 nitrogen and oxygen atoms in total. The van der Waals surface area contributed by atoms with Gasteiger partial charge in [-0.25, -0.2) is 0 Å². The highest BCUT2D eigenvalue weighted by atomic mass is 16.5. The Kier molecular flexibility index (Phi) is 6.37. The van der Waals surface area contributed by atoms with Gasteiger partial charge in [0.05, 0.1) is 0 Å². The van der Waals surface area contributed by atoms with Crippen LogP contribution in [0.15, 0.2) is 66.5 Å². The van der Waals surface area contributed by atoms with Crippen LogP contribution in [0.1, 0.15) is 20.3 Å². The topological polar surface area (TPSA) is 26.3 Å². The molecule has 0 saturated heterocycles. The second-order valence-electron chi connectivity index (χ2n) is 4.28. The Hall–Kier alpha value is -2.09. The number of hydrogen-bond donors (Lipinski definition) is 0. The molecule has 0 fully saturated rings. The van der Waals surface area contributed by atoms with Gasteiger partial charge in [-0.3, -0.25) is 4.79 Å². The summed E-state index contributed by atoms with van der Waals surface area (Å²) in [5, 5.41) is 0. The fraction of sp³-hybridized carbons (Fsp3) is 0.235. The van der Waals surface area contributed by atoms with Crippen molar-refractivity contribution in [2.75, 3.05) is 0 Å². The molecule has 0 bridgehead atoms. The molecule has 1 atom stereocenters. The maximum atomic E-state index is 10.7. The van der Waals surface area contributed by atoms with Gasteiger partial charge in [0.15, 0.2) is 0 Å². The van der Waals surface area contributed by atoms with Gasteiger partial charge in [0.25, 0.3) is 0 Å². The number of hydrogen-bond acceptors (Lipinski definition) is 2. The molecule has 0 aliphatic rings. The van der Waals surface area contributed by atoms with Gasteiger partial charge in [-0.1, -0.05) is 44.7 Å². The van der Waals surface area contributed by atoms with Gasteiger partial charge in [0, 0.05) is 11.5 Å². The molecule has 1 unspecified atom stereocenters. The van der Waals surface area contributed by atoms with Crippen LogP contribution in [0.25, 0.3) is 0 Å². The molecular formula is C17H20O2. The summed E-state index contributed by atoms with van der Waals surface area (Å²) in [5.74, 6) is 1.93. The summed E-state index contributed by atoms with van der Waals surface area (Å²) in [4.78, 5) is 10.7. The summed E-state index contributed by atoms with van der Waals surface area (Å²) in [6.45, 7) is 7.79. The lowest BCUT2D eigenvalue weighted by atomic mass is 10.1. The Bertz CT molecular complexity index is 459. The molecule has 0 saturated carbocycles. The number of aldehydes is 1. The van der Waals surface area contributed by atoms with Crippen molar-refractivity contribution in [3.63, 3.8) is 0 Å². The third-order valence-corrected chi connectivity index (χ3v) is 2.89. The van der Waals surface area contributed by atoms with Crippen LogP contribution in [0, 0.1) is 5.92 Å². The molecule has 19 heavy (non-hydrogen) atoms. The van der Waals surface area contributed by atoms with Gasteiger partial charge in [0.1, 0.15) is 17.8 Å². The van der Waals surface area contributed by atoms with Crippen molar-refractivity contribution in [2.45, 2.75) is 20.3 Å². The number of allylic oxidation sites excluding steroid dienone is 5. The number of carbonyl (C=O) groups excluding carboxylic acids is 1. The molecule has 0 aliphatic carbocycles. The van der Waals surface area contributed by atoms with E-state index in [0.717, 1.165) is 24.2 Å². The fourth-order valence-electron chi connectivity index (χ4n) is 1.46. The number of ether oxygens (including phenoxy) is 1. The molecule has 0 spiro atoms. The maximum absolute atomic E-state index is 10.7. The summed E-state index contributed by atoms with van der Waals surface area (Å²) < 4.78 is 5.87. The van der Waals surface area contributed by atoms with E-state index in [0.29, 0.717) is 5.57 Å². The fourth-order valence-corrected chi connectivity index (χ4v) is 1.46. The first-order valence-corrected chi connectivity index (χ1v) is 6.43. The van der Waals surface area contributed by atoms with Gasteiger partial charge >= 0.3 is 0 Å². The Labute approximate surface area is 115 Å². The third kappa shape index (κ3) is 4.96. The summed E-state index contributed by atoms with van der Waals surface area (Å²) in [6.07, 6.45) is 6.84. The van der Waals surface area contributed by atoms with E-state index in [1.807, 2.05) is 36.4 Å². The number of rotatable bonds is 7. The van der Waals surface area contributed by atoms with E-state index in [1.54, 1.807) is 6.08 Å². The largest absolute Gasteiger partial charge is 0.461 e. The van der Waals surface area contributed by atoms with Crippen LogP contribution < -0.4 is 4.74 Å². The van der Waals surface area contributed by atoms with Crippen molar-refractivity contribution in [3.8, 4) is 5.75 Å². The molecule has 1 aromatic rings. The number of benzene rings is 1. The van der Waals surface area contributed by atoms with Crippen molar-refractivity contribution >= 4 is 6.29 Å². The molecule has 0 aromatic heterocycles. The number of carbonyl (C=O) groups is 1. The minimum absolute atomic E-state index is 0.286. The first-order valence-electron chi connectivity index (χ1n) is 6.43. The molecule has 1 rings (SSSR count). The molecule has 2 heteroatoms. The van der Waals surface area contributed by atoms with Crippen LogP contribution in [0.4, 0.5) is 0 Å². The molecule has 0 N–H and O–H groups in total. The summed E-state index contributed by atoms with van der Waals surface area (Å²) >= 11 is 0. The first-order chi connectivity index (χ1) is 9.21. The lowest BCUT2D eigenvalue weighted by Crippen LogP contribution is -2.05. The molecule has 100 valence electrons. The second-order valence-corrected chi connectivity index (χ2v) is 4.28.